The Kier molecular flexibility index (Phi) is 2.48. The number of amides is 1. The van der Waals surface area contributed by atoms with E-state index in [2.05, 4.69) is 27.9 Å². The number of carbonyl (C=O) groups is 1. The summed E-state index contributed by atoms with van der Waals surface area (Å²) in [6.45, 7) is 3.95. The minimum absolute atomic E-state index is 0.337. The van der Waals surface area contributed by atoms with Crippen LogP contribution in [0, 0.1) is 6.92 Å². The van der Waals surface area contributed by atoms with Crippen LogP contribution in [0.25, 0.3) is 0 Å². The van der Waals surface area contributed by atoms with Gasteiger partial charge in [0.25, 0.3) is 0 Å². The summed E-state index contributed by atoms with van der Waals surface area (Å²) in [4.78, 5) is 13.8. The predicted molar refractivity (Wildman–Crippen MR) is 64.5 cm³/mol. The van der Waals surface area contributed by atoms with Gasteiger partial charge >= 0.3 is 0 Å². The van der Waals surface area contributed by atoms with Crippen molar-refractivity contribution in [3.05, 3.63) is 21.9 Å². The first-order chi connectivity index (χ1) is 7.77. The molecule has 1 amide bonds. The molecule has 0 saturated carbocycles. The lowest BCUT2D eigenvalue weighted by molar-refractivity contribution is -0.130. The molecule has 0 aliphatic carbocycles. The van der Waals surface area contributed by atoms with Crippen LogP contribution in [0.4, 0.5) is 0 Å². The molecule has 1 aromatic heterocycles. The third kappa shape index (κ3) is 1.48. The van der Waals surface area contributed by atoms with Crippen molar-refractivity contribution in [1.29, 1.82) is 0 Å². The molecule has 0 radical (unpaired) electrons. The molecule has 0 spiro atoms. The Bertz CT molecular complexity index is 415. The van der Waals surface area contributed by atoms with Gasteiger partial charge in [-0.1, -0.05) is 0 Å². The molecule has 3 rings (SSSR count). The first-order valence-corrected chi connectivity index (χ1v) is 6.77. The fourth-order valence-electron chi connectivity index (χ4n) is 2.88. The summed E-state index contributed by atoms with van der Waals surface area (Å²) in [6, 6.07) is 0.737. The van der Waals surface area contributed by atoms with Crippen LogP contribution < -0.4 is 5.32 Å². The number of fused-ring (bicyclic) bond motifs is 1. The number of rotatable bonds is 1. The van der Waals surface area contributed by atoms with Crippen LogP contribution in [-0.4, -0.2) is 29.9 Å². The largest absolute Gasteiger partial charge is 0.337 e. The van der Waals surface area contributed by atoms with Crippen molar-refractivity contribution < 1.29 is 4.79 Å². The number of hydrogen-bond acceptors (Lipinski definition) is 3. The summed E-state index contributed by atoms with van der Waals surface area (Å²) in [5.41, 5.74) is 2.73. The van der Waals surface area contributed by atoms with Gasteiger partial charge < -0.3 is 10.2 Å². The molecule has 16 heavy (non-hydrogen) atoms. The van der Waals surface area contributed by atoms with Crippen molar-refractivity contribution in [3.63, 3.8) is 0 Å². The molecular weight excluding hydrogens is 220 g/mol. The van der Waals surface area contributed by atoms with E-state index in [1.165, 1.54) is 11.1 Å². The zero-order chi connectivity index (χ0) is 11.1. The number of nitrogens with zero attached hydrogens (tertiary/aromatic N) is 1. The van der Waals surface area contributed by atoms with E-state index in [0.29, 0.717) is 18.0 Å². The van der Waals surface area contributed by atoms with Gasteiger partial charge in [0.1, 0.15) is 0 Å². The lowest BCUT2D eigenvalue weighted by atomic mass is 9.95. The van der Waals surface area contributed by atoms with E-state index in [0.717, 1.165) is 25.9 Å². The van der Waals surface area contributed by atoms with Crippen LogP contribution in [0.3, 0.4) is 0 Å². The second kappa shape index (κ2) is 3.86. The van der Waals surface area contributed by atoms with Crippen LogP contribution in [0.1, 0.15) is 30.0 Å². The van der Waals surface area contributed by atoms with Crippen molar-refractivity contribution in [2.24, 2.45) is 0 Å². The monoisotopic (exact) mass is 236 g/mol. The van der Waals surface area contributed by atoms with E-state index in [1.54, 1.807) is 11.3 Å². The number of carbonyl (C=O) groups excluding carboxylic acids is 1. The molecule has 4 heteroatoms. The summed E-state index contributed by atoms with van der Waals surface area (Å²) >= 11 is 1.75. The highest BCUT2D eigenvalue weighted by Gasteiger charge is 2.39. The Hall–Kier alpha value is -0.870. The van der Waals surface area contributed by atoms with Gasteiger partial charge in [-0.15, -0.1) is 0 Å². The molecule has 0 aromatic carbocycles. The quantitative estimate of drug-likeness (QED) is 0.805. The van der Waals surface area contributed by atoms with E-state index >= 15 is 0 Å². The standard InChI is InChI=1S/C12H16N2OS/c1-8-6-16-7-9(8)12-10-2-3-11(15)14(10)5-4-13-12/h6-7,10,12-13H,2-5H2,1H3/t10-,12?/m0/s1. The van der Waals surface area contributed by atoms with E-state index in [4.69, 9.17) is 0 Å². The van der Waals surface area contributed by atoms with Gasteiger partial charge in [0.2, 0.25) is 5.91 Å². The van der Waals surface area contributed by atoms with E-state index < -0.39 is 0 Å². The maximum Gasteiger partial charge on any atom is 0.223 e. The average molecular weight is 236 g/mol. The number of piperazine rings is 1. The van der Waals surface area contributed by atoms with Gasteiger partial charge in [0.15, 0.2) is 0 Å². The van der Waals surface area contributed by atoms with Gasteiger partial charge in [0.05, 0.1) is 12.1 Å². The topological polar surface area (TPSA) is 32.3 Å². The van der Waals surface area contributed by atoms with Crippen molar-refractivity contribution >= 4 is 17.2 Å². The zero-order valence-corrected chi connectivity index (χ0v) is 10.2. The molecule has 1 aromatic rings. The summed E-state index contributed by atoms with van der Waals surface area (Å²) in [5.74, 6) is 0.337. The fraction of sp³-hybridized carbons (Fsp3) is 0.583. The lowest BCUT2D eigenvalue weighted by Gasteiger charge is -2.37. The minimum Gasteiger partial charge on any atom is -0.337 e. The summed E-state index contributed by atoms with van der Waals surface area (Å²) in [5, 5.41) is 7.98. The summed E-state index contributed by atoms with van der Waals surface area (Å²) in [7, 11) is 0. The molecule has 2 aliphatic heterocycles. The molecule has 3 heterocycles. The van der Waals surface area contributed by atoms with Gasteiger partial charge in [-0.25, -0.2) is 0 Å². The molecule has 86 valence electrons. The van der Waals surface area contributed by atoms with Crippen LogP contribution in [0.15, 0.2) is 10.8 Å². The van der Waals surface area contributed by atoms with Crippen molar-refractivity contribution in [3.8, 4) is 0 Å². The number of nitrogens with one attached hydrogen (secondary N) is 1. The smallest absolute Gasteiger partial charge is 0.223 e. The maximum absolute atomic E-state index is 11.7. The van der Waals surface area contributed by atoms with Crippen molar-refractivity contribution in [1.82, 2.24) is 10.2 Å². The fourth-order valence-corrected chi connectivity index (χ4v) is 3.76. The van der Waals surface area contributed by atoms with Crippen molar-refractivity contribution in [2.75, 3.05) is 13.1 Å². The number of hydrogen-bond donors (Lipinski definition) is 1. The molecular formula is C12H16N2OS. The van der Waals surface area contributed by atoms with Gasteiger partial charge in [-0.2, -0.15) is 11.3 Å². The number of aryl methyl sites for hydroxylation is 1. The molecule has 2 saturated heterocycles. The second-order valence-corrected chi connectivity index (χ2v) is 5.38. The van der Waals surface area contributed by atoms with Crippen LogP contribution in [0.5, 0.6) is 0 Å². The Morgan fingerprint density at radius 3 is 3.12 bits per heavy atom. The van der Waals surface area contributed by atoms with E-state index in [9.17, 15) is 4.79 Å². The Labute approximate surface area is 99.5 Å². The van der Waals surface area contributed by atoms with Gasteiger partial charge in [-0.3, -0.25) is 4.79 Å². The lowest BCUT2D eigenvalue weighted by Crippen LogP contribution is -2.51. The SMILES string of the molecule is Cc1cscc1C1NCCN2C(=O)CC[C@@H]12. The second-order valence-electron chi connectivity index (χ2n) is 4.64. The van der Waals surface area contributed by atoms with Crippen LogP contribution in [-0.2, 0) is 4.79 Å². The number of thiophene rings is 1. The molecule has 2 fully saturated rings. The molecule has 1 N–H and O–H groups in total. The third-order valence-corrected chi connectivity index (χ3v) is 4.59. The summed E-state index contributed by atoms with van der Waals surface area (Å²) in [6.07, 6.45) is 1.73. The Morgan fingerprint density at radius 2 is 2.38 bits per heavy atom. The van der Waals surface area contributed by atoms with Gasteiger partial charge in [-0.05, 0) is 35.2 Å². The zero-order valence-electron chi connectivity index (χ0n) is 9.40. The maximum atomic E-state index is 11.7. The average Bonchev–Trinajstić information content (AvgIpc) is 2.86. The highest BCUT2D eigenvalue weighted by molar-refractivity contribution is 7.08. The van der Waals surface area contributed by atoms with Crippen LogP contribution in [0.2, 0.25) is 0 Å². The highest BCUT2D eigenvalue weighted by atomic mass is 32.1. The van der Waals surface area contributed by atoms with Gasteiger partial charge in [0, 0.05) is 19.5 Å². The molecule has 2 atom stereocenters. The Balaban J connectivity index is 1.91. The molecule has 3 nitrogen and oxygen atoms in total. The minimum atomic E-state index is 0.337. The third-order valence-electron chi connectivity index (χ3n) is 3.71. The first-order valence-electron chi connectivity index (χ1n) is 5.83. The van der Waals surface area contributed by atoms with Crippen molar-refractivity contribution in [2.45, 2.75) is 31.8 Å². The van der Waals surface area contributed by atoms with E-state index in [1.807, 2.05) is 0 Å². The normalized spacial score (nSPS) is 29.6. The van der Waals surface area contributed by atoms with E-state index in [-0.39, 0.29) is 0 Å². The predicted octanol–water partition coefficient (Wildman–Crippen LogP) is 1.69. The molecule has 1 unspecified atom stereocenters. The highest BCUT2D eigenvalue weighted by Crippen LogP contribution is 2.34. The van der Waals surface area contributed by atoms with Crippen LogP contribution >= 0.6 is 11.3 Å². The first kappa shape index (κ1) is 10.3. The Morgan fingerprint density at radius 1 is 1.50 bits per heavy atom. The molecule has 2 aliphatic rings. The summed E-state index contributed by atoms with van der Waals surface area (Å²) < 4.78 is 0. The molecule has 0 bridgehead atoms.